The second-order valence-electron chi connectivity index (χ2n) is 6.48. The van der Waals surface area contributed by atoms with Crippen molar-refractivity contribution in [2.24, 2.45) is 11.1 Å². The van der Waals surface area contributed by atoms with Gasteiger partial charge in [-0.1, -0.05) is 42.8 Å². The Morgan fingerprint density at radius 1 is 1.28 bits per heavy atom. The molecule has 3 N–H and O–H groups in total. The van der Waals surface area contributed by atoms with Crippen molar-refractivity contribution in [1.82, 2.24) is 0 Å². The molecule has 0 spiro atoms. The van der Waals surface area contributed by atoms with E-state index in [1.165, 1.54) is 12.1 Å². The van der Waals surface area contributed by atoms with Gasteiger partial charge in [-0.25, -0.2) is 4.39 Å². The predicted molar refractivity (Wildman–Crippen MR) is 99.0 cm³/mol. The van der Waals surface area contributed by atoms with E-state index in [4.69, 9.17) is 17.3 Å². The van der Waals surface area contributed by atoms with Crippen LogP contribution in [0, 0.1) is 11.2 Å². The molecule has 0 fully saturated rings. The van der Waals surface area contributed by atoms with Gasteiger partial charge in [0.1, 0.15) is 12.1 Å². The summed E-state index contributed by atoms with van der Waals surface area (Å²) in [6, 6.07) is 11.7. The van der Waals surface area contributed by atoms with Gasteiger partial charge in [0.15, 0.2) is 0 Å². The highest BCUT2D eigenvalue weighted by Crippen LogP contribution is 2.28. The van der Waals surface area contributed by atoms with Crippen molar-refractivity contribution in [2.45, 2.75) is 32.2 Å². The zero-order valence-corrected chi connectivity index (χ0v) is 15.0. The smallest absolute Gasteiger partial charge is 0.131 e. The molecule has 2 aromatic rings. The molecule has 2 atom stereocenters. The molecule has 0 saturated carbocycles. The summed E-state index contributed by atoms with van der Waals surface area (Å²) in [7, 11) is 0. The maximum absolute atomic E-state index is 13.9. The molecule has 2 rings (SSSR count). The van der Waals surface area contributed by atoms with Gasteiger partial charge in [0, 0.05) is 16.6 Å². The summed E-state index contributed by atoms with van der Waals surface area (Å²) in [6.45, 7) is 1.67. The van der Waals surface area contributed by atoms with Gasteiger partial charge in [-0.2, -0.15) is 0 Å². The average molecular weight is 364 g/mol. The summed E-state index contributed by atoms with van der Waals surface area (Å²) < 4.78 is 13.9. The highest BCUT2D eigenvalue weighted by atomic mass is 35.5. The molecule has 25 heavy (non-hydrogen) atoms. The zero-order valence-electron chi connectivity index (χ0n) is 14.2. The van der Waals surface area contributed by atoms with E-state index in [2.05, 4.69) is 0 Å². The van der Waals surface area contributed by atoms with Gasteiger partial charge >= 0.3 is 0 Å². The quantitative estimate of drug-likeness (QED) is 0.697. The van der Waals surface area contributed by atoms with Crippen LogP contribution < -0.4 is 5.73 Å². The van der Waals surface area contributed by atoms with E-state index in [9.17, 15) is 14.3 Å². The van der Waals surface area contributed by atoms with Crippen molar-refractivity contribution in [3.05, 3.63) is 58.9 Å². The Balaban J connectivity index is 2.10. The number of aliphatic hydroxyl groups is 1. The molecule has 0 saturated heterocycles. The Morgan fingerprint density at radius 2 is 1.96 bits per heavy atom. The number of hydrogen-bond acceptors (Lipinski definition) is 3. The third kappa shape index (κ3) is 4.88. The van der Waals surface area contributed by atoms with Crippen molar-refractivity contribution in [1.29, 1.82) is 0 Å². The van der Waals surface area contributed by atoms with Gasteiger partial charge < -0.3 is 15.6 Å². The van der Waals surface area contributed by atoms with Crippen molar-refractivity contribution in [2.75, 3.05) is 6.61 Å². The van der Waals surface area contributed by atoms with Crippen molar-refractivity contribution >= 4 is 17.9 Å². The van der Waals surface area contributed by atoms with E-state index in [1.54, 1.807) is 6.07 Å². The first-order chi connectivity index (χ1) is 11.9. The van der Waals surface area contributed by atoms with E-state index >= 15 is 0 Å². The average Bonchev–Trinajstić information content (AvgIpc) is 2.62. The third-order valence-corrected chi connectivity index (χ3v) is 4.86. The first-order valence-corrected chi connectivity index (χ1v) is 8.68. The SMILES string of the molecule is CCC(C=O)(CO)CC(N)Cc1ccc(-c2cc(Cl)ccc2F)cc1. The lowest BCUT2D eigenvalue weighted by molar-refractivity contribution is -0.119. The fourth-order valence-electron chi connectivity index (χ4n) is 2.93. The first kappa shape index (κ1) is 19.6. The number of carbonyl (C=O) groups is 1. The van der Waals surface area contributed by atoms with E-state index in [0.717, 1.165) is 17.4 Å². The van der Waals surface area contributed by atoms with Gasteiger partial charge in [0.2, 0.25) is 0 Å². The maximum atomic E-state index is 13.9. The maximum Gasteiger partial charge on any atom is 0.131 e. The topological polar surface area (TPSA) is 63.3 Å². The van der Waals surface area contributed by atoms with Crippen LogP contribution in [0.15, 0.2) is 42.5 Å². The number of halogens is 2. The minimum atomic E-state index is -0.775. The minimum Gasteiger partial charge on any atom is -0.395 e. The molecule has 0 aliphatic carbocycles. The molecule has 0 aliphatic rings. The zero-order chi connectivity index (χ0) is 18.4. The molecule has 0 aliphatic heterocycles. The highest BCUT2D eigenvalue weighted by molar-refractivity contribution is 6.30. The molecular weight excluding hydrogens is 341 g/mol. The Kier molecular flexibility index (Phi) is 6.71. The second kappa shape index (κ2) is 8.56. The molecule has 5 heteroatoms. The molecule has 2 unspecified atom stereocenters. The Morgan fingerprint density at radius 3 is 2.52 bits per heavy atom. The van der Waals surface area contributed by atoms with Crippen LogP contribution in [0.4, 0.5) is 4.39 Å². The van der Waals surface area contributed by atoms with Crippen LogP contribution in [0.1, 0.15) is 25.3 Å². The van der Waals surface area contributed by atoms with Gasteiger partial charge in [-0.05, 0) is 48.6 Å². The van der Waals surface area contributed by atoms with Crippen LogP contribution >= 0.6 is 11.6 Å². The van der Waals surface area contributed by atoms with E-state index in [-0.39, 0.29) is 18.5 Å². The van der Waals surface area contributed by atoms with Gasteiger partial charge in [-0.15, -0.1) is 0 Å². The number of hydrogen-bond donors (Lipinski definition) is 2. The molecule has 0 heterocycles. The number of nitrogens with two attached hydrogens (primary N) is 1. The van der Waals surface area contributed by atoms with E-state index < -0.39 is 5.41 Å². The van der Waals surface area contributed by atoms with E-state index in [0.29, 0.717) is 29.8 Å². The lowest BCUT2D eigenvalue weighted by atomic mass is 9.80. The Labute approximate surface area is 152 Å². The minimum absolute atomic E-state index is 0.201. The number of aldehydes is 1. The third-order valence-electron chi connectivity index (χ3n) is 4.63. The fourth-order valence-corrected chi connectivity index (χ4v) is 3.10. The van der Waals surface area contributed by atoms with Crippen molar-refractivity contribution in [3.8, 4) is 11.1 Å². The number of benzene rings is 2. The van der Waals surface area contributed by atoms with Crippen molar-refractivity contribution in [3.63, 3.8) is 0 Å². The number of rotatable bonds is 8. The van der Waals surface area contributed by atoms with Crippen LogP contribution in [-0.4, -0.2) is 24.0 Å². The molecule has 0 radical (unpaired) electrons. The molecule has 2 aromatic carbocycles. The second-order valence-corrected chi connectivity index (χ2v) is 6.92. The molecule has 3 nitrogen and oxygen atoms in total. The summed E-state index contributed by atoms with van der Waals surface area (Å²) in [5, 5.41) is 9.95. The summed E-state index contributed by atoms with van der Waals surface area (Å²) in [5.74, 6) is -0.324. The van der Waals surface area contributed by atoms with Crippen LogP contribution in [0.2, 0.25) is 5.02 Å². The molecule has 134 valence electrons. The summed E-state index contributed by atoms with van der Waals surface area (Å²) in [5.41, 5.74) is 7.58. The Bertz CT molecular complexity index is 714. The normalized spacial score (nSPS) is 14.8. The molecular formula is C20H23ClFNO2. The summed E-state index contributed by atoms with van der Waals surface area (Å²) in [4.78, 5) is 11.3. The molecule has 0 aromatic heterocycles. The largest absolute Gasteiger partial charge is 0.395 e. The summed E-state index contributed by atoms with van der Waals surface area (Å²) >= 11 is 5.94. The standard InChI is InChI=1S/C20H23ClFNO2/c1-2-20(12-24,13-25)11-17(23)9-14-3-5-15(6-4-14)18-10-16(21)7-8-19(18)22/h3-8,10,12,17,25H,2,9,11,13,23H2,1H3. The van der Waals surface area contributed by atoms with Crippen LogP contribution in [-0.2, 0) is 11.2 Å². The molecule has 0 bridgehead atoms. The fraction of sp³-hybridized carbons (Fsp3) is 0.350. The lowest BCUT2D eigenvalue weighted by Gasteiger charge is -2.27. The highest BCUT2D eigenvalue weighted by Gasteiger charge is 2.29. The number of carbonyl (C=O) groups excluding carboxylic acids is 1. The van der Waals surface area contributed by atoms with Crippen LogP contribution in [0.3, 0.4) is 0 Å². The Hall–Kier alpha value is -1.75. The van der Waals surface area contributed by atoms with Gasteiger partial charge in [0.05, 0.1) is 12.0 Å². The summed E-state index contributed by atoms with van der Waals surface area (Å²) in [6.07, 6.45) is 2.35. The van der Waals surface area contributed by atoms with Crippen LogP contribution in [0.5, 0.6) is 0 Å². The van der Waals surface area contributed by atoms with E-state index in [1.807, 2.05) is 31.2 Å². The monoisotopic (exact) mass is 363 g/mol. The first-order valence-electron chi connectivity index (χ1n) is 8.30. The molecule has 0 amide bonds. The lowest BCUT2D eigenvalue weighted by Crippen LogP contribution is -2.36. The number of aliphatic hydroxyl groups excluding tert-OH is 1. The van der Waals surface area contributed by atoms with Crippen molar-refractivity contribution < 1.29 is 14.3 Å². The van der Waals surface area contributed by atoms with Gasteiger partial charge in [-0.3, -0.25) is 0 Å². The predicted octanol–water partition coefficient (Wildman–Crippen LogP) is 3.99. The van der Waals surface area contributed by atoms with Crippen LogP contribution in [0.25, 0.3) is 11.1 Å². The van der Waals surface area contributed by atoms with Gasteiger partial charge in [0.25, 0.3) is 0 Å².